The molecule has 0 aliphatic carbocycles. The molecule has 4 heterocycles. The van der Waals surface area contributed by atoms with Crippen LogP contribution in [0.2, 0.25) is 5.15 Å². The first-order valence-electron chi connectivity index (χ1n) is 8.98. The summed E-state index contributed by atoms with van der Waals surface area (Å²) in [6, 6.07) is 3.47. The smallest absolute Gasteiger partial charge is 0.259 e. The van der Waals surface area contributed by atoms with E-state index in [-0.39, 0.29) is 12.0 Å². The molecule has 0 aromatic carbocycles. The van der Waals surface area contributed by atoms with Gasteiger partial charge in [0.05, 0.1) is 18.9 Å². The highest BCUT2D eigenvalue weighted by Crippen LogP contribution is 2.35. The van der Waals surface area contributed by atoms with Gasteiger partial charge in [-0.1, -0.05) is 22.9 Å². The molecular formula is C19H18ClN5O3S. The van der Waals surface area contributed by atoms with Crippen LogP contribution < -0.4 is 10.1 Å². The lowest BCUT2D eigenvalue weighted by Crippen LogP contribution is -2.14. The van der Waals surface area contributed by atoms with E-state index in [1.165, 1.54) is 30.8 Å². The Bertz CT molecular complexity index is 1050. The zero-order valence-electron chi connectivity index (χ0n) is 15.8. The van der Waals surface area contributed by atoms with Crippen molar-refractivity contribution in [2.75, 3.05) is 19.0 Å². The van der Waals surface area contributed by atoms with Gasteiger partial charge in [-0.3, -0.25) is 15.1 Å². The van der Waals surface area contributed by atoms with E-state index >= 15 is 0 Å². The Morgan fingerprint density at radius 1 is 1.28 bits per heavy atom. The molecule has 1 fully saturated rings. The first-order chi connectivity index (χ1) is 14.0. The van der Waals surface area contributed by atoms with Crippen molar-refractivity contribution in [3.63, 3.8) is 0 Å². The van der Waals surface area contributed by atoms with Crippen LogP contribution in [0.5, 0.6) is 5.75 Å². The Kier molecular flexibility index (Phi) is 5.70. The van der Waals surface area contributed by atoms with Gasteiger partial charge in [-0.05, 0) is 31.9 Å². The molecule has 0 saturated carbocycles. The number of halogens is 1. The molecule has 1 saturated heterocycles. The average molecular weight is 432 g/mol. The van der Waals surface area contributed by atoms with Gasteiger partial charge in [0.15, 0.2) is 0 Å². The van der Waals surface area contributed by atoms with Crippen LogP contribution in [0, 0.1) is 6.92 Å². The van der Waals surface area contributed by atoms with Gasteiger partial charge in [0, 0.05) is 29.6 Å². The normalized spacial score (nSPS) is 16.0. The van der Waals surface area contributed by atoms with Crippen molar-refractivity contribution in [1.82, 2.24) is 20.2 Å². The Labute approximate surface area is 176 Å². The Morgan fingerprint density at radius 2 is 2.14 bits per heavy atom. The molecule has 0 bridgehead atoms. The topological polar surface area (TPSA) is 99.1 Å². The third kappa shape index (κ3) is 4.21. The minimum atomic E-state index is -0.350. The fourth-order valence-electron chi connectivity index (χ4n) is 3.11. The maximum absolute atomic E-state index is 13.0. The summed E-state index contributed by atoms with van der Waals surface area (Å²) in [4.78, 5) is 21.3. The minimum Gasteiger partial charge on any atom is -0.494 e. The Balaban J connectivity index is 1.65. The number of ether oxygens (including phenoxy) is 2. The van der Waals surface area contributed by atoms with Crippen LogP contribution in [0.25, 0.3) is 11.1 Å². The van der Waals surface area contributed by atoms with Crippen LogP contribution in [0.1, 0.15) is 40.0 Å². The van der Waals surface area contributed by atoms with Gasteiger partial charge in [0.1, 0.15) is 22.0 Å². The average Bonchev–Trinajstić information content (AvgIpc) is 3.39. The summed E-state index contributed by atoms with van der Waals surface area (Å²) in [5.74, 6) is 0.156. The molecule has 1 amide bonds. The lowest BCUT2D eigenvalue weighted by Gasteiger charge is -2.13. The maximum atomic E-state index is 13.0. The first kappa shape index (κ1) is 19.7. The second-order valence-corrected chi connectivity index (χ2v) is 7.88. The molecule has 1 N–H and O–H groups in total. The molecule has 1 atom stereocenters. The van der Waals surface area contributed by atoms with Crippen molar-refractivity contribution < 1.29 is 14.3 Å². The number of hydrogen-bond acceptors (Lipinski definition) is 8. The molecule has 8 nitrogen and oxygen atoms in total. The Hall–Kier alpha value is -2.62. The van der Waals surface area contributed by atoms with Crippen molar-refractivity contribution in [2.45, 2.75) is 25.9 Å². The molecule has 0 radical (unpaired) electrons. The molecule has 3 aromatic heterocycles. The Morgan fingerprint density at radius 3 is 2.90 bits per heavy atom. The van der Waals surface area contributed by atoms with Crippen molar-refractivity contribution in [2.24, 2.45) is 0 Å². The number of amides is 1. The number of carbonyl (C=O) groups is 1. The zero-order chi connectivity index (χ0) is 20.4. The van der Waals surface area contributed by atoms with E-state index < -0.39 is 0 Å². The van der Waals surface area contributed by atoms with Crippen LogP contribution in [-0.4, -0.2) is 39.8 Å². The number of anilines is 1. The largest absolute Gasteiger partial charge is 0.494 e. The number of aromatic nitrogens is 4. The third-order valence-electron chi connectivity index (χ3n) is 4.50. The zero-order valence-corrected chi connectivity index (χ0v) is 17.4. The van der Waals surface area contributed by atoms with Gasteiger partial charge in [0.2, 0.25) is 5.13 Å². The van der Waals surface area contributed by atoms with E-state index in [4.69, 9.17) is 21.1 Å². The number of nitrogens with zero attached hydrogens (tertiary/aromatic N) is 4. The molecule has 1 aliphatic rings. The van der Waals surface area contributed by atoms with Gasteiger partial charge in [-0.25, -0.2) is 4.98 Å². The second kappa shape index (κ2) is 8.40. The number of methoxy groups -OCH3 is 1. The molecular weight excluding hydrogens is 414 g/mol. The van der Waals surface area contributed by atoms with Crippen LogP contribution in [-0.2, 0) is 4.74 Å². The summed E-state index contributed by atoms with van der Waals surface area (Å²) in [6.45, 7) is 2.57. The predicted molar refractivity (Wildman–Crippen MR) is 110 cm³/mol. The van der Waals surface area contributed by atoms with Gasteiger partial charge in [0.25, 0.3) is 5.91 Å². The van der Waals surface area contributed by atoms with Crippen molar-refractivity contribution in [1.29, 1.82) is 0 Å². The monoisotopic (exact) mass is 431 g/mol. The number of nitrogens with one attached hydrogen (secondary N) is 1. The number of aryl methyl sites for hydroxylation is 1. The molecule has 150 valence electrons. The van der Waals surface area contributed by atoms with Crippen molar-refractivity contribution in [3.8, 4) is 16.9 Å². The molecule has 10 heteroatoms. The molecule has 29 heavy (non-hydrogen) atoms. The van der Waals surface area contributed by atoms with E-state index in [0.29, 0.717) is 32.7 Å². The fraction of sp³-hybridized carbons (Fsp3) is 0.316. The highest BCUT2D eigenvalue weighted by atomic mass is 35.5. The van der Waals surface area contributed by atoms with Gasteiger partial charge < -0.3 is 9.47 Å². The van der Waals surface area contributed by atoms with Crippen molar-refractivity contribution in [3.05, 3.63) is 45.9 Å². The molecule has 1 aliphatic heterocycles. The lowest BCUT2D eigenvalue weighted by molar-refractivity contribution is 0.102. The summed E-state index contributed by atoms with van der Waals surface area (Å²) >= 11 is 7.39. The summed E-state index contributed by atoms with van der Waals surface area (Å²) in [5.41, 5.74) is 2.41. The molecule has 0 spiro atoms. The van der Waals surface area contributed by atoms with Gasteiger partial charge in [-0.15, -0.1) is 10.2 Å². The lowest BCUT2D eigenvalue weighted by atomic mass is 10.0. The standard InChI is InChI=1S/C19H18ClN5O3S/c1-10-6-11(12-7-16(20)22-9-15(12)27-2)13(8-21-10)17(26)23-19-25-24-18(29-19)14-4-3-5-28-14/h6-9,14H,3-5H2,1-2H3,(H,23,25,26). The van der Waals surface area contributed by atoms with E-state index in [2.05, 4.69) is 25.5 Å². The van der Waals surface area contributed by atoms with Gasteiger partial charge in [-0.2, -0.15) is 0 Å². The van der Waals surface area contributed by atoms with Crippen molar-refractivity contribution >= 4 is 34.0 Å². The maximum Gasteiger partial charge on any atom is 0.259 e. The molecule has 1 unspecified atom stereocenters. The van der Waals surface area contributed by atoms with E-state index in [0.717, 1.165) is 30.2 Å². The highest BCUT2D eigenvalue weighted by Gasteiger charge is 2.23. The van der Waals surface area contributed by atoms with Crippen LogP contribution in [0.4, 0.5) is 5.13 Å². The van der Waals surface area contributed by atoms with Gasteiger partial charge >= 0.3 is 0 Å². The molecule has 3 aromatic rings. The SMILES string of the molecule is COc1cnc(Cl)cc1-c1cc(C)ncc1C(=O)Nc1nnc(C2CCCO2)s1. The fourth-order valence-corrected chi connectivity index (χ4v) is 4.09. The first-order valence-corrected chi connectivity index (χ1v) is 10.2. The third-order valence-corrected chi connectivity index (χ3v) is 5.63. The highest BCUT2D eigenvalue weighted by molar-refractivity contribution is 7.15. The number of rotatable bonds is 5. The number of pyridine rings is 2. The molecule has 4 rings (SSSR count). The van der Waals surface area contributed by atoms with Crippen LogP contribution in [0.15, 0.2) is 24.5 Å². The summed E-state index contributed by atoms with van der Waals surface area (Å²) in [7, 11) is 1.54. The second-order valence-electron chi connectivity index (χ2n) is 6.48. The summed E-state index contributed by atoms with van der Waals surface area (Å²) in [5, 5.41) is 12.5. The van der Waals surface area contributed by atoms with Crippen LogP contribution >= 0.6 is 22.9 Å². The number of hydrogen-bond donors (Lipinski definition) is 1. The minimum absolute atomic E-state index is 0.0435. The predicted octanol–water partition coefficient (Wildman–Crippen LogP) is 4.07. The van der Waals surface area contributed by atoms with E-state index in [9.17, 15) is 4.79 Å². The number of carbonyl (C=O) groups excluding carboxylic acids is 1. The quantitative estimate of drug-likeness (QED) is 0.608. The van der Waals surface area contributed by atoms with Crippen LogP contribution in [0.3, 0.4) is 0 Å². The van der Waals surface area contributed by atoms with E-state index in [1.807, 2.05) is 6.92 Å². The van der Waals surface area contributed by atoms with E-state index in [1.54, 1.807) is 12.1 Å². The summed E-state index contributed by atoms with van der Waals surface area (Å²) < 4.78 is 11.0. The summed E-state index contributed by atoms with van der Waals surface area (Å²) in [6.07, 6.45) is 4.92.